The second-order valence-corrected chi connectivity index (χ2v) is 3.12. The number of carboxylic acid groups (broad SMARTS) is 1. The number of benzene rings is 1. The lowest BCUT2D eigenvalue weighted by Gasteiger charge is -2.04. The fraction of sp³-hybridized carbons (Fsp3) is 0.182. The number of carbonyl (C=O) groups is 1. The Morgan fingerprint density at radius 2 is 2.29 bits per heavy atom. The van der Waals surface area contributed by atoms with Crippen LogP contribution in [0.3, 0.4) is 0 Å². The molecule has 0 fully saturated rings. The summed E-state index contributed by atoms with van der Waals surface area (Å²) in [6.45, 7) is 2.00. The Balaban J connectivity index is 3.04. The van der Waals surface area contributed by atoms with Crippen molar-refractivity contribution < 1.29 is 19.6 Å². The summed E-state index contributed by atoms with van der Waals surface area (Å²) in [4.78, 5) is 20.7. The third-order valence-electron chi connectivity index (χ3n) is 1.97. The van der Waals surface area contributed by atoms with Crippen molar-refractivity contribution in [3.8, 4) is 5.75 Å². The van der Waals surface area contributed by atoms with E-state index in [0.717, 1.165) is 6.07 Å². The number of hydrogen-bond acceptors (Lipinski definition) is 4. The number of hydrogen-bond donors (Lipinski definition) is 1. The molecule has 0 unspecified atom stereocenters. The summed E-state index contributed by atoms with van der Waals surface area (Å²) in [5.74, 6) is -1.16. The minimum absolute atomic E-state index is 0.0538. The lowest BCUT2D eigenvalue weighted by atomic mass is 10.2. The maximum atomic E-state index is 10.7. The molecule has 6 heteroatoms. The van der Waals surface area contributed by atoms with Gasteiger partial charge in [0, 0.05) is 6.07 Å². The highest BCUT2D eigenvalue weighted by Crippen LogP contribution is 2.27. The number of nitrogens with zero attached hydrogens (tertiary/aromatic N) is 1. The molecule has 0 aliphatic heterocycles. The second-order valence-electron chi connectivity index (χ2n) is 3.12. The molecular weight excluding hydrogens is 226 g/mol. The average Bonchev–Trinajstić information content (AvgIpc) is 2.29. The van der Waals surface area contributed by atoms with E-state index in [1.165, 1.54) is 12.1 Å². The van der Waals surface area contributed by atoms with Gasteiger partial charge in [-0.2, -0.15) is 0 Å². The van der Waals surface area contributed by atoms with Crippen molar-refractivity contribution in [1.29, 1.82) is 0 Å². The van der Waals surface area contributed by atoms with Crippen LogP contribution in [0.5, 0.6) is 5.75 Å². The molecule has 0 radical (unpaired) electrons. The Hall–Kier alpha value is -2.37. The predicted octanol–water partition coefficient (Wildman–Crippen LogP) is 2.25. The Morgan fingerprint density at radius 3 is 2.82 bits per heavy atom. The van der Waals surface area contributed by atoms with E-state index in [2.05, 4.69) is 0 Å². The van der Waals surface area contributed by atoms with Crippen LogP contribution >= 0.6 is 0 Å². The monoisotopic (exact) mass is 237 g/mol. The van der Waals surface area contributed by atoms with Crippen LogP contribution in [0.1, 0.15) is 17.3 Å². The molecule has 0 aliphatic carbocycles. The lowest BCUT2D eigenvalue weighted by Crippen LogP contribution is -2.02. The normalized spacial score (nSPS) is 10.4. The van der Waals surface area contributed by atoms with Crippen LogP contribution < -0.4 is 4.74 Å². The molecule has 17 heavy (non-hydrogen) atoms. The Bertz CT molecular complexity index is 467. The summed E-state index contributed by atoms with van der Waals surface area (Å²) in [5, 5.41) is 19.5. The van der Waals surface area contributed by atoms with Gasteiger partial charge in [-0.3, -0.25) is 10.1 Å². The quantitative estimate of drug-likeness (QED) is 0.482. The van der Waals surface area contributed by atoms with E-state index < -0.39 is 10.9 Å². The second kappa shape index (κ2) is 5.64. The zero-order chi connectivity index (χ0) is 12.8. The van der Waals surface area contributed by atoms with Gasteiger partial charge >= 0.3 is 11.7 Å². The fourth-order valence-electron chi connectivity index (χ4n) is 1.15. The van der Waals surface area contributed by atoms with Gasteiger partial charge in [-0.1, -0.05) is 12.2 Å². The zero-order valence-electron chi connectivity index (χ0n) is 9.12. The van der Waals surface area contributed by atoms with Crippen LogP contribution in [0.15, 0.2) is 30.4 Å². The van der Waals surface area contributed by atoms with E-state index >= 15 is 0 Å². The largest absolute Gasteiger partial charge is 0.483 e. The van der Waals surface area contributed by atoms with Gasteiger partial charge in [0.2, 0.25) is 0 Å². The third kappa shape index (κ3) is 3.30. The number of aromatic carboxylic acids is 1. The van der Waals surface area contributed by atoms with Crippen LogP contribution in [0.25, 0.3) is 0 Å². The third-order valence-corrected chi connectivity index (χ3v) is 1.97. The maximum Gasteiger partial charge on any atom is 0.335 e. The number of nitro groups is 1. The van der Waals surface area contributed by atoms with Crippen molar-refractivity contribution in [3.63, 3.8) is 0 Å². The van der Waals surface area contributed by atoms with Gasteiger partial charge in [0.05, 0.1) is 10.5 Å². The molecule has 0 saturated heterocycles. The first-order valence-corrected chi connectivity index (χ1v) is 4.82. The Kier molecular flexibility index (Phi) is 4.21. The summed E-state index contributed by atoms with van der Waals surface area (Å²) < 4.78 is 5.15. The Morgan fingerprint density at radius 1 is 1.59 bits per heavy atom. The molecule has 1 aromatic rings. The smallest absolute Gasteiger partial charge is 0.335 e. The molecule has 1 rings (SSSR count). The molecule has 0 aliphatic rings. The summed E-state index contributed by atoms with van der Waals surface area (Å²) in [6.07, 6.45) is 3.44. The van der Waals surface area contributed by atoms with Crippen LogP contribution in [0.2, 0.25) is 0 Å². The van der Waals surface area contributed by atoms with Gasteiger partial charge in [-0.05, 0) is 19.1 Å². The average molecular weight is 237 g/mol. The molecule has 0 atom stereocenters. The number of allylic oxidation sites excluding steroid dienone is 1. The van der Waals surface area contributed by atoms with Gasteiger partial charge < -0.3 is 9.84 Å². The molecule has 0 saturated carbocycles. The van der Waals surface area contributed by atoms with Crippen LogP contribution in [0.4, 0.5) is 5.69 Å². The highest BCUT2D eigenvalue weighted by atomic mass is 16.6. The first-order valence-electron chi connectivity index (χ1n) is 4.82. The van der Waals surface area contributed by atoms with Crippen molar-refractivity contribution in [2.75, 3.05) is 6.61 Å². The van der Waals surface area contributed by atoms with Gasteiger partial charge in [-0.15, -0.1) is 0 Å². The molecule has 0 spiro atoms. The van der Waals surface area contributed by atoms with Crippen molar-refractivity contribution in [2.45, 2.75) is 6.92 Å². The minimum Gasteiger partial charge on any atom is -0.483 e. The SMILES string of the molecule is CC=CCOc1ccc(C(=O)O)cc1[N+](=O)[O-]. The molecule has 1 aromatic carbocycles. The summed E-state index contributed by atoms with van der Waals surface area (Å²) in [6, 6.07) is 3.53. The van der Waals surface area contributed by atoms with Gasteiger partial charge in [0.15, 0.2) is 5.75 Å². The highest BCUT2D eigenvalue weighted by molar-refractivity contribution is 5.88. The van der Waals surface area contributed by atoms with Crippen molar-refractivity contribution in [3.05, 3.63) is 46.0 Å². The number of nitro benzene ring substituents is 1. The molecule has 0 heterocycles. The van der Waals surface area contributed by atoms with E-state index in [-0.39, 0.29) is 23.6 Å². The first-order chi connectivity index (χ1) is 8.06. The molecule has 0 aromatic heterocycles. The summed E-state index contributed by atoms with van der Waals surface area (Å²) >= 11 is 0. The van der Waals surface area contributed by atoms with Gasteiger partial charge in [0.1, 0.15) is 6.61 Å². The van der Waals surface area contributed by atoms with E-state index in [9.17, 15) is 14.9 Å². The Labute approximate surface area is 97.3 Å². The number of ether oxygens (including phenoxy) is 1. The first kappa shape index (κ1) is 12.7. The van der Waals surface area contributed by atoms with E-state index in [4.69, 9.17) is 9.84 Å². The van der Waals surface area contributed by atoms with Gasteiger partial charge in [-0.25, -0.2) is 4.79 Å². The molecule has 90 valence electrons. The molecule has 0 bridgehead atoms. The van der Waals surface area contributed by atoms with Crippen molar-refractivity contribution >= 4 is 11.7 Å². The van der Waals surface area contributed by atoms with Crippen molar-refractivity contribution in [2.24, 2.45) is 0 Å². The molecule has 0 amide bonds. The topological polar surface area (TPSA) is 89.7 Å². The number of rotatable bonds is 5. The van der Waals surface area contributed by atoms with E-state index in [1.807, 2.05) is 0 Å². The predicted molar refractivity (Wildman–Crippen MR) is 60.4 cm³/mol. The molecule has 1 N–H and O–H groups in total. The summed E-state index contributed by atoms with van der Waals surface area (Å²) in [7, 11) is 0. The van der Waals surface area contributed by atoms with E-state index in [1.54, 1.807) is 19.1 Å². The zero-order valence-corrected chi connectivity index (χ0v) is 9.12. The highest BCUT2D eigenvalue weighted by Gasteiger charge is 2.18. The van der Waals surface area contributed by atoms with E-state index in [0.29, 0.717) is 0 Å². The summed E-state index contributed by atoms with van der Waals surface area (Å²) in [5.41, 5.74) is -0.496. The lowest BCUT2D eigenvalue weighted by molar-refractivity contribution is -0.385. The van der Waals surface area contributed by atoms with Crippen molar-refractivity contribution in [1.82, 2.24) is 0 Å². The minimum atomic E-state index is -1.21. The standard InChI is InChI=1S/C11H11NO5/c1-2-3-6-17-10-5-4-8(11(13)14)7-9(10)12(15)16/h2-5,7H,6H2,1H3,(H,13,14). The fourth-order valence-corrected chi connectivity index (χ4v) is 1.15. The van der Waals surface area contributed by atoms with Crippen LogP contribution in [0, 0.1) is 10.1 Å². The van der Waals surface area contributed by atoms with Crippen LogP contribution in [-0.2, 0) is 0 Å². The number of carboxylic acids is 1. The van der Waals surface area contributed by atoms with Crippen LogP contribution in [-0.4, -0.2) is 22.6 Å². The van der Waals surface area contributed by atoms with Gasteiger partial charge in [0.25, 0.3) is 0 Å². The molecule has 6 nitrogen and oxygen atoms in total. The molecular formula is C11H11NO5. The maximum absolute atomic E-state index is 10.7.